The van der Waals surface area contributed by atoms with E-state index in [1.165, 1.54) is 86.7 Å². The quantitative estimate of drug-likeness (QED) is 0.128. The van der Waals surface area contributed by atoms with Crippen molar-refractivity contribution < 1.29 is 9.31 Å². The summed E-state index contributed by atoms with van der Waals surface area (Å²) in [6, 6.07) is 86.1. The van der Waals surface area contributed by atoms with E-state index in [-0.39, 0.29) is 18.3 Å². The molecule has 0 bridgehead atoms. The molecule has 0 atom stereocenters. The Morgan fingerprint density at radius 1 is 0.350 bits per heavy atom. The van der Waals surface area contributed by atoms with Gasteiger partial charge in [-0.3, -0.25) is 8.80 Å². The van der Waals surface area contributed by atoms with E-state index < -0.39 is 0 Å². The minimum absolute atomic E-state index is 0.362. The molecule has 0 aliphatic carbocycles. The van der Waals surface area contributed by atoms with Crippen LogP contribution < -0.4 is 5.46 Å². The number of hydrogen-bond donors (Lipinski definition) is 0. The molecule has 0 amide bonds. The van der Waals surface area contributed by atoms with Crippen molar-refractivity contribution in [2.45, 2.75) is 38.9 Å². The van der Waals surface area contributed by atoms with Crippen LogP contribution in [-0.2, 0) is 9.31 Å². The number of nitrogens with zero attached hydrogens (tertiary/aromatic N) is 4. The van der Waals surface area contributed by atoms with Gasteiger partial charge in [0, 0.05) is 26.0 Å². The van der Waals surface area contributed by atoms with Crippen LogP contribution in [0.1, 0.15) is 27.7 Å². The van der Waals surface area contributed by atoms with E-state index in [0.29, 0.717) is 0 Å². The topological polar surface area (TPSA) is 53.1 Å². The highest BCUT2D eigenvalue weighted by Crippen LogP contribution is 2.41. The van der Waals surface area contributed by atoms with Gasteiger partial charge in [-0.1, -0.05) is 198 Å². The zero-order chi connectivity index (χ0) is 53.9. The summed E-state index contributed by atoms with van der Waals surface area (Å²) in [5.41, 5.74) is 11.4. The Balaban J connectivity index is 0.000000111. The van der Waals surface area contributed by atoms with E-state index >= 15 is 0 Å². The minimum Gasteiger partial charge on any atom is -0.399 e. The standard InChI is InChI=1S/C33H20N2.C25H23BN2O2.C14H9Br/c1-2-10-23-21(9-1)19-28(25-12-4-3-11-24(23)25)22-17-18-27-29(20-22)26-13-5-7-15-31(26)35-32-16-8-6-14-30(32)34-33(27)35;1-24(2)25(3,4)30-26(29-24)16-13-14-18-19(15-16)17-9-5-7-11-21(17)28-22-12-8-6-10-20(22)27-23(18)28;15-14-9-10-5-1-2-6-11(10)12-7-3-4-8-13(12)14/h1-20H;5-15H,1-4H3;1-9H. The molecule has 0 spiro atoms. The summed E-state index contributed by atoms with van der Waals surface area (Å²) in [7, 11) is -0.381. The number of hydrogen-bond acceptors (Lipinski definition) is 4. The van der Waals surface area contributed by atoms with Gasteiger partial charge in [-0.15, -0.1) is 0 Å². The van der Waals surface area contributed by atoms with Crippen molar-refractivity contribution in [2.75, 3.05) is 0 Å². The van der Waals surface area contributed by atoms with Crippen molar-refractivity contribution in [1.29, 1.82) is 0 Å². The number of aromatic nitrogens is 4. The highest BCUT2D eigenvalue weighted by atomic mass is 79.9. The van der Waals surface area contributed by atoms with E-state index in [1.807, 2.05) is 6.07 Å². The zero-order valence-corrected chi connectivity index (χ0v) is 46.2. The Morgan fingerprint density at radius 2 is 0.762 bits per heavy atom. The SMILES string of the molecule is Brc1cc2ccccc2c2ccccc12.CC1(C)OB(c2ccc3c(c2)c2ccccc2n2c4ccccc4nc32)OC1(C)C.c1ccc2c(c1)cc(-c1ccc3c(c1)c1ccccc1n1c4ccccc4nc31)c1ccccc12. The summed E-state index contributed by atoms with van der Waals surface area (Å²) >= 11 is 3.62. The highest BCUT2D eigenvalue weighted by Gasteiger charge is 2.51. The van der Waals surface area contributed by atoms with E-state index in [2.05, 4.69) is 289 Å². The Morgan fingerprint density at radius 3 is 1.32 bits per heavy atom. The van der Waals surface area contributed by atoms with Crippen LogP contribution >= 0.6 is 15.9 Å². The molecular formula is C72H52BBrN4O2. The Kier molecular flexibility index (Phi) is 11.2. The molecule has 12 aromatic carbocycles. The molecule has 1 aliphatic heterocycles. The number of benzene rings is 12. The molecule has 0 saturated carbocycles. The summed E-state index contributed by atoms with van der Waals surface area (Å²) < 4.78 is 18.3. The predicted octanol–water partition coefficient (Wildman–Crippen LogP) is 18.6. The second-order valence-corrected chi connectivity index (χ2v) is 22.9. The van der Waals surface area contributed by atoms with Crippen molar-refractivity contribution in [3.8, 4) is 11.1 Å². The molecule has 1 fully saturated rings. The van der Waals surface area contributed by atoms with Gasteiger partial charge in [0.1, 0.15) is 11.3 Å². The average molecular weight is 1100 g/mol. The van der Waals surface area contributed by atoms with Crippen molar-refractivity contribution in [2.24, 2.45) is 0 Å². The maximum atomic E-state index is 6.30. The molecule has 0 unspecified atom stereocenters. The maximum absolute atomic E-state index is 6.30. The van der Waals surface area contributed by atoms with Gasteiger partial charge in [0.2, 0.25) is 0 Å². The van der Waals surface area contributed by atoms with Gasteiger partial charge >= 0.3 is 7.12 Å². The Bertz CT molecular complexity index is 5180. The molecule has 17 rings (SSSR count). The largest absolute Gasteiger partial charge is 0.494 e. The lowest BCUT2D eigenvalue weighted by atomic mass is 9.78. The fourth-order valence-electron chi connectivity index (χ4n) is 12.2. The molecule has 16 aromatic rings. The fourth-order valence-corrected chi connectivity index (χ4v) is 12.8. The van der Waals surface area contributed by atoms with Crippen LogP contribution in [0.4, 0.5) is 0 Å². The summed E-state index contributed by atoms with van der Waals surface area (Å²) in [5.74, 6) is 0. The van der Waals surface area contributed by atoms with Crippen LogP contribution in [0, 0.1) is 0 Å². The number of pyridine rings is 2. The number of rotatable bonds is 2. The summed E-state index contributed by atoms with van der Waals surface area (Å²) in [6.45, 7) is 8.35. The third-order valence-corrected chi connectivity index (χ3v) is 17.5. The number of para-hydroxylation sites is 6. The zero-order valence-electron chi connectivity index (χ0n) is 44.7. The van der Waals surface area contributed by atoms with Crippen molar-refractivity contribution in [3.05, 3.63) is 247 Å². The monoisotopic (exact) mass is 1090 g/mol. The fraction of sp³-hybridized carbons (Fsp3) is 0.0833. The molecule has 4 aromatic heterocycles. The maximum Gasteiger partial charge on any atom is 0.494 e. The molecule has 80 heavy (non-hydrogen) atoms. The van der Waals surface area contributed by atoms with Gasteiger partial charge in [-0.2, -0.15) is 0 Å². The average Bonchev–Trinajstić information content (AvgIpc) is 4.28. The lowest BCUT2D eigenvalue weighted by Crippen LogP contribution is -2.41. The summed E-state index contributed by atoms with van der Waals surface area (Å²) in [4.78, 5) is 10.0. The van der Waals surface area contributed by atoms with Crippen molar-refractivity contribution in [3.63, 3.8) is 0 Å². The van der Waals surface area contributed by atoms with Crippen LogP contribution in [0.2, 0.25) is 0 Å². The molecule has 6 nitrogen and oxygen atoms in total. The summed E-state index contributed by atoms with van der Waals surface area (Å²) in [5, 5.41) is 17.5. The third kappa shape index (κ3) is 7.69. The number of halogens is 1. The predicted molar refractivity (Wildman–Crippen MR) is 341 cm³/mol. The highest BCUT2D eigenvalue weighted by molar-refractivity contribution is 9.10. The lowest BCUT2D eigenvalue weighted by Gasteiger charge is -2.32. The van der Waals surface area contributed by atoms with E-state index in [0.717, 1.165) is 54.2 Å². The second kappa shape index (κ2) is 18.6. The van der Waals surface area contributed by atoms with Crippen LogP contribution in [0.25, 0.3) is 131 Å². The minimum atomic E-state index is -0.381. The van der Waals surface area contributed by atoms with Gasteiger partial charge in [0.15, 0.2) is 0 Å². The Hall–Kier alpha value is -8.92. The smallest absolute Gasteiger partial charge is 0.399 e. The second-order valence-electron chi connectivity index (χ2n) is 22.0. The lowest BCUT2D eigenvalue weighted by molar-refractivity contribution is 0.00578. The van der Waals surface area contributed by atoms with Gasteiger partial charge < -0.3 is 9.31 Å². The molecule has 8 heteroatoms. The molecule has 0 N–H and O–H groups in total. The molecule has 1 aliphatic rings. The normalized spacial score (nSPS) is 14.1. The van der Waals surface area contributed by atoms with Crippen LogP contribution in [0.15, 0.2) is 247 Å². The first-order chi connectivity index (χ1) is 39.1. The van der Waals surface area contributed by atoms with E-state index in [4.69, 9.17) is 19.3 Å². The first-order valence-electron chi connectivity index (χ1n) is 27.3. The number of imidazole rings is 2. The molecule has 5 heterocycles. The first kappa shape index (κ1) is 48.2. The first-order valence-corrected chi connectivity index (χ1v) is 28.1. The molecule has 382 valence electrons. The van der Waals surface area contributed by atoms with E-state index in [1.54, 1.807) is 0 Å². The Labute approximate surface area is 470 Å². The number of fused-ring (bicyclic) bond motifs is 22. The molecular weight excluding hydrogens is 1040 g/mol. The van der Waals surface area contributed by atoms with Crippen molar-refractivity contribution >= 4 is 148 Å². The van der Waals surface area contributed by atoms with Crippen LogP contribution in [-0.4, -0.2) is 37.1 Å². The van der Waals surface area contributed by atoms with Gasteiger partial charge in [-0.05, 0) is 159 Å². The summed E-state index contributed by atoms with van der Waals surface area (Å²) in [6.07, 6.45) is 0. The van der Waals surface area contributed by atoms with Crippen LogP contribution in [0.3, 0.4) is 0 Å². The van der Waals surface area contributed by atoms with Gasteiger partial charge in [0.25, 0.3) is 0 Å². The molecule has 0 radical (unpaired) electrons. The molecule has 1 saturated heterocycles. The third-order valence-electron chi connectivity index (χ3n) is 16.9. The van der Waals surface area contributed by atoms with Crippen LogP contribution in [0.5, 0.6) is 0 Å². The van der Waals surface area contributed by atoms with E-state index in [9.17, 15) is 0 Å². The van der Waals surface area contributed by atoms with Crippen molar-refractivity contribution in [1.82, 2.24) is 18.8 Å². The van der Waals surface area contributed by atoms with Gasteiger partial charge in [-0.25, -0.2) is 9.97 Å². The van der Waals surface area contributed by atoms with Gasteiger partial charge in [0.05, 0.1) is 44.3 Å².